The number of likely N-dealkylation sites (N-methyl/N-ethyl adjacent to an activating group) is 1. The van der Waals surface area contributed by atoms with Gasteiger partial charge in [0.1, 0.15) is 18.0 Å². The lowest BCUT2D eigenvalue weighted by Crippen LogP contribution is -3.08. The number of nitro benzene ring substituents is 1. The van der Waals surface area contributed by atoms with E-state index in [4.69, 9.17) is 11.6 Å². The SMILES string of the molecule is C[NH+](CC(=O)Nc1cc(Cl)ccc1[N+](=O)[O-])Cc1ccccc1F. The maximum atomic E-state index is 13.6. The van der Waals surface area contributed by atoms with E-state index in [1.165, 1.54) is 24.3 Å². The van der Waals surface area contributed by atoms with E-state index in [1.807, 2.05) is 0 Å². The molecule has 126 valence electrons. The minimum atomic E-state index is -0.595. The summed E-state index contributed by atoms with van der Waals surface area (Å²) in [6.07, 6.45) is 0. The van der Waals surface area contributed by atoms with Crippen LogP contribution in [0.1, 0.15) is 5.56 Å². The molecular formula is C16H16ClFN3O3+. The summed E-state index contributed by atoms with van der Waals surface area (Å²) in [7, 11) is 1.73. The highest BCUT2D eigenvalue weighted by atomic mass is 35.5. The topological polar surface area (TPSA) is 76.7 Å². The van der Waals surface area contributed by atoms with Crippen LogP contribution in [0.3, 0.4) is 0 Å². The monoisotopic (exact) mass is 352 g/mol. The summed E-state index contributed by atoms with van der Waals surface area (Å²) in [6.45, 7) is 0.343. The second-order valence-corrected chi connectivity index (χ2v) is 5.81. The Morgan fingerprint density at radius 2 is 2.04 bits per heavy atom. The van der Waals surface area contributed by atoms with Crippen molar-refractivity contribution in [2.24, 2.45) is 0 Å². The van der Waals surface area contributed by atoms with Crippen LogP contribution in [0.5, 0.6) is 0 Å². The van der Waals surface area contributed by atoms with E-state index in [0.29, 0.717) is 12.1 Å². The van der Waals surface area contributed by atoms with E-state index >= 15 is 0 Å². The molecule has 8 heteroatoms. The first-order valence-corrected chi connectivity index (χ1v) is 7.53. The van der Waals surface area contributed by atoms with Crippen LogP contribution in [0.15, 0.2) is 42.5 Å². The van der Waals surface area contributed by atoms with Crippen molar-refractivity contribution in [3.63, 3.8) is 0 Å². The summed E-state index contributed by atoms with van der Waals surface area (Å²) in [5.74, 6) is -0.753. The number of benzene rings is 2. The van der Waals surface area contributed by atoms with E-state index in [1.54, 1.807) is 25.2 Å². The zero-order chi connectivity index (χ0) is 17.7. The quantitative estimate of drug-likeness (QED) is 0.617. The molecule has 0 radical (unpaired) electrons. The Labute approximate surface area is 143 Å². The van der Waals surface area contributed by atoms with Crippen LogP contribution in [-0.2, 0) is 11.3 Å². The third kappa shape index (κ3) is 4.74. The van der Waals surface area contributed by atoms with Gasteiger partial charge in [0, 0.05) is 16.7 Å². The molecular weight excluding hydrogens is 337 g/mol. The molecule has 1 amide bonds. The number of anilines is 1. The molecule has 2 aromatic rings. The third-order valence-electron chi connectivity index (χ3n) is 3.34. The molecule has 1 atom stereocenters. The smallest absolute Gasteiger partial charge is 0.292 e. The molecule has 0 saturated carbocycles. The van der Waals surface area contributed by atoms with E-state index in [0.717, 1.165) is 4.90 Å². The Bertz CT molecular complexity index is 770. The van der Waals surface area contributed by atoms with Gasteiger partial charge >= 0.3 is 0 Å². The van der Waals surface area contributed by atoms with Gasteiger partial charge in [0.25, 0.3) is 11.6 Å². The van der Waals surface area contributed by atoms with Crippen molar-refractivity contribution in [3.8, 4) is 0 Å². The largest absolute Gasteiger partial charge is 0.326 e. The van der Waals surface area contributed by atoms with Gasteiger partial charge in [0.15, 0.2) is 6.54 Å². The van der Waals surface area contributed by atoms with Gasteiger partial charge in [0.05, 0.1) is 12.0 Å². The normalized spacial score (nSPS) is 11.8. The molecule has 0 heterocycles. The highest BCUT2D eigenvalue weighted by Crippen LogP contribution is 2.27. The number of amides is 1. The number of carbonyl (C=O) groups excluding carboxylic acids is 1. The van der Waals surface area contributed by atoms with E-state index in [9.17, 15) is 19.3 Å². The van der Waals surface area contributed by atoms with E-state index < -0.39 is 10.8 Å². The molecule has 0 aliphatic heterocycles. The van der Waals surface area contributed by atoms with Gasteiger partial charge < -0.3 is 10.2 Å². The zero-order valence-electron chi connectivity index (χ0n) is 12.9. The van der Waals surface area contributed by atoms with Crippen molar-refractivity contribution in [1.82, 2.24) is 0 Å². The standard InChI is InChI=1S/C16H15ClFN3O3/c1-20(9-11-4-2-3-5-13(11)18)10-16(22)19-14-8-12(17)6-7-15(14)21(23)24/h2-8H,9-10H2,1H3,(H,19,22)/p+1. The summed E-state index contributed by atoms with van der Waals surface area (Å²) in [6, 6.07) is 10.3. The predicted molar refractivity (Wildman–Crippen MR) is 88.6 cm³/mol. The molecule has 2 N–H and O–H groups in total. The van der Waals surface area contributed by atoms with Crippen molar-refractivity contribution in [3.05, 3.63) is 69.0 Å². The average Bonchev–Trinajstić information content (AvgIpc) is 2.49. The van der Waals surface area contributed by atoms with Crippen LogP contribution in [-0.4, -0.2) is 24.4 Å². The molecule has 6 nitrogen and oxygen atoms in total. The number of nitrogens with zero attached hydrogens (tertiary/aromatic N) is 1. The van der Waals surface area contributed by atoms with Crippen LogP contribution < -0.4 is 10.2 Å². The molecule has 0 fully saturated rings. The Balaban J connectivity index is 2.02. The molecule has 0 aliphatic carbocycles. The van der Waals surface area contributed by atoms with Crippen LogP contribution in [0.4, 0.5) is 15.8 Å². The summed E-state index contributed by atoms with van der Waals surface area (Å²) >= 11 is 5.81. The molecule has 1 unspecified atom stereocenters. The zero-order valence-corrected chi connectivity index (χ0v) is 13.6. The molecule has 0 saturated heterocycles. The molecule has 0 aromatic heterocycles. The first-order valence-electron chi connectivity index (χ1n) is 7.15. The minimum Gasteiger partial charge on any atom is -0.326 e. The van der Waals surface area contributed by atoms with Crippen molar-refractivity contribution in [2.45, 2.75) is 6.54 Å². The van der Waals surface area contributed by atoms with Crippen molar-refractivity contribution < 1.29 is 19.0 Å². The maximum Gasteiger partial charge on any atom is 0.292 e. The second-order valence-electron chi connectivity index (χ2n) is 5.37. The number of nitro groups is 1. The Morgan fingerprint density at radius 3 is 2.71 bits per heavy atom. The van der Waals surface area contributed by atoms with Gasteiger partial charge in [0.2, 0.25) is 0 Å². The number of hydrogen-bond donors (Lipinski definition) is 2. The maximum absolute atomic E-state index is 13.6. The van der Waals surface area contributed by atoms with Crippen molar-refractivity contribution in [2.75, 3.05) is 18.9 Å². The Kier molecular flexibility index (Phi) is 5.83. The Hall–Kier alpha value is -2.51. The fraction of sp³-hybridized carbons (Fsp3) is 0.188. The van der Waals surface area contributed by atoms with Gasteiger partial charge in [-0.25, -0.2) is 4.39 Å². The summed E-state index contributed by atoms with van der Waals surface area (Å²) in [4.78, 5) is 23.2. The lowest BCUT2D eigenvalue weighted by atomic mass is 10.2. The fourth-order valence-corrected chi connectivity index (χ4v) is 2.44. The molecule has 2 rings (SSSR count). The van der Waals surface area contributed by atoms with Gasteiger partial charge in [-0.3, -0.25) is 14.9 Å². The lowest BCUT2D eigenvalue weighted by Gasteiger charge is -2.14. The first kappa shape index (κ1) is 17.8. The van der Waals surface area contributed by atoms with Crippen LogP contribution in [0.2, 0.25) is 5.02 Å². The highest BCUT2D eigenvalue weighted by Gasteiger charge is 2.18. The highest BCUT2D eigenvalue weighted by molar-refractivity contribution is 6.31. The number of nitrogens with one attached hydrogen (secondary N) is 2. The van der Waals surface area contributed by atoms with Gasteiger partial charge in [-0.1, -0.05) is 29.8 Å². The predicted octanol–water partition coefficient (Wildman–Crippen LogP) is 2.04. The molecule has 24 heavy (non-hydrogen) atoms. The van der Waals surface area contributed by atoms with Crippen LogP contribution in [0.25, 0.3) is 0 Å². The van der Waals surface area contributed by atoms with E-state index in [-0.39, 0.29) is 28.8 Å². The number of carbonyl (C=O) groups is 1. The third-order valence-corrected chi connectivity index (χ3v) is 3.58. The second kappa shape index (κ2) is 7.85. The summed E-state index contributed by atoms with van der Waals surface area (Å²) in [5, 5.41) is 13.7. The number of halogens is 2. The Morgan fingerprint density at radius 1 is 1.33 bits per heavy atom. The number of hydrogen-bond acceptors (Lipinski definition) is 3. The van der Waals surface area contributed by atoms with Crippen LogP contribution >= 0.6 is 11.6 Å². The summed E-state index contributed by atoms with van der Waals surface area (Å²) in [5.41, 5.74) is 0.298. The van der Waals surface area contributed by atoms with Gasteiger partial charge in [-0.15, -0.1) is 0 Å². The lowest BCUT2D eigenvalue weighted by molar-refractivity contribution is -0.885. The molecule has 2 aromatic carbocycles. The fourth-order valence-electron chi connectivity index (χ4n) is 2.27. The first-order chi connectivity index (χ1) is 11.4. The minimum absolute atomic E-state index is 0.0258. The van der Waals surface area contributed by atoms with Crippen LogP contribution in [0, 0.1) is 15.9 Å². The van der Waals surface area contributed by atoms with Gasteiger partial charge in [-0.05, 0) is 18.2 Å². The van der Waals surface area contributed by atoms with Crippen molar-refractivity contribution >= 4 is 28.9 Å². The molecule has 0 aliphatic rings. The molecule has 0 bridgehead atoms. The molecule has 0 spiro atoms. The van der Waals surface area contributed by atoms with E-state index in [2.05, 4.69) is 5.32 Å². The van der Waals surface area contributed by atoms with Crippen molar-refractivity contribution in [1.29, 1.82) is 0 Å². The average molecular weight is 353 g/mol. The summed E-state index contributed by atoms with van der Waals surface area (Å²) < 4.78 is 13.6. The van der Waals surface area contributed by atoms with Gasteiger partial charge in [-0.2, -0.15) is 0 Å². The number of rotatable bonds is 6. The number of quaternary nitrogens is 1.